The maximum absolute atomic E-state index is 12.5. The summed E-state index contributed by atoms with van der Waals surface area (Å²) < 4.78 is 7.13. The summed E-state index contributed by atoms with van der Waals surface area (Å²) in [7, 11) is 1.56. The Bertz CT molecular complexity index is 1100. The molecular weight excluding hydrogens is 426 g/mol. The van der Waals surface area contributed by atoms with Crippen LogP contribution in [0.2, 0.25) is 0 Å². The molecule has 0 fully saturated rings. The Morgan fingerprint density at radius 3 is 2.69 bits per heavy atom. The molecule has 0 radical (unpaired) electrons. The Hall–Kier alpha value is -3.59. The Kier molecular flexibility index (Phi) is 8.04. The number of rotatable bonds is 10. The molecule has 2 N–H and O–H groups in total. The zero-order valence-corrected chi connectivity index (χ0v) is 18.8. The minimum atomic E-state index is -0.195. The first-order chi connectivity index (χ1) is 15.5. The standard InChI is InChI=1S/C23H25N5O3S/c1-4-12-28-20(14-24-22(30)17-8-6-5-7-9-17)26-27-23(28)32-15-21(29)25-18-13-16(2)10-11-19(18)31-3/h4-11,13H,1,12,14-15H2,2-3H3,(H,24,30)(H,25,29). The molecule has 0 aliphatic rings. The number of nitrogens with one attached hydrogen (secondary N) is 2. The number of aromatic nitrogens is 3. The van der Waals surface area contributed by atoms with Crippen LogP contribution in [0.5, 0.6) is 5.75 Å². The normalized spacial score (nSPS) is 10.4. The Balaban J connectivity index is 1.62. The molecular formula is C23H25N5O3S. The summed E-state index contributed by atoms with van der Waals surface area (Å²) in [5.74, 6) is 0.936. The first-order valence-electron chi connectivity index (χ1n) is 9.95. The topological polar surface area (TPSA) is 98.1 Å². The first-order valence-corrected chi connectivity index (χ1v) is 10.9. The minimum absolute atomic E-state index is 0.142. The van der Waals surface area contributed by atoms with Crippen LogP contribution in [0.1, 0.15) is 21.7 Å². The van der Waals surface area contributed by atoms with E-state index in [-0.39, 0.29) is 24.1 Å². The summed E-state index contributed by atoms with van der Waals surface area (Å²) in [6.07, 6.45) is 1.72. The van der Waals surface area contributed by atoms with E-state index >= 15 is 0 Å². The SMILES string of the molecule is C=CCn1c(CNC(=O)c2ccccc2)nnc1SCC(=O)Nc1cc(C)ccc1OC. The Labute approximate surface area is 191 Å². The number of hydrogen-bond acceptors (Lipinski definition) is 6. The molecule has 32 heavy (non-hydrogen) atoms. The highest BCUT2D eigenvalue weighted by Crippen LogP contribution is 2.26. The van der Waals surface area contributed by atoms with Crippen molar-refractivity contribution in [3.05, 3.63) is 78.1 Å². The van der Waals surface area contributed by atoms with Gasteiger partial charge >= 0.3 is 0 Å². The van der Waals surface area contributed by atoms with E-state index in [1.165, 1.54) is 11.8 Å². The molecule has 0 atom stereocenters. The average Bonchev–Trinajstić information content (AvgIpc) is 3.18. The highest BCUT2D eigenvalue weighted by atomic mass is 32.2. The quantitative estimate of drug-likeness (QED) is 0.362. The Morgan fingerprint density at radius 2 is 1.97 bits per heavy atom. The third kappa shape index (κ3) is 5.98. The lowest BCUT2D eigenvalue weighted by Gasteiger charge is -2.11. The fourth-order valence-corrected chi connectivity index (χ4v) is 3.72. The van der Waals surface area contributed by atoms with Gasteiger partial charge in [0.2, 0.25) is 5.91 Å². The van der Waals surface area contributed by atoms with Crippen LogP contribution in [0, 0.1) is 6.92 Å². The molecule has 166 valence electrons. The van der Waals surface area contributed by atoms with E-state index in [0.717, 1.165) is 5.56 Å². The number of methoxy groups -OCH3 is 1. The van der Waals surface area contributed by atoms with Gasteiger partial charge in [0.15, 0.2) is 11.0 Å². The van der Waals surface area contributed by atoms with Gasteiger partial charge < -0.3 is 19.9 Å². The second-order valence-electron chi connectivity index (χ2n) is 6.89. The van der Waals surface area contributed by atoms with Crippen molar-refractivity contribution in [1.29, 1.82) is 0 Å². The number of amides is 2. The van der Waals surface area contributed by atoms with Gasteiger partial charge in [-0.2, -0.15) is 0 Å². The lowest BCUT2D eigenvalue weighted by molar-refractivity contribution is -0.113. The summed E-state index contributed by atoms with van der Waals surface area (Å²) in [5, 5.41) is 14.6. The number of carbonyl (C=O) groups excluding carboxylic acids is 2. The second-order valence-corrected chi connectivity index (χ2v) is 7.83. The number of allylic oxidation sites excluding steroid dienone is 1. The van der Waals surface area contributed by atoms with Crippen molar-refractivity contribution >= 4 is 29.3 Å². The van der Waals surface area contributed by atoms with Crippen LogP contribution in [0.3, 0.4) is 0 Å². The molecule has 1 aromatic heterocycles. The van der Waals surface area contributed by atoms with Crippen molar-refractivity contribution in [3.8, 4) is 5.75 Å². The van der Waals surface area contributed by atoms with Gasteiger partial charge in [-0.25, -0.2) is 0 Å². The molecule has 3 aromatic rings. The molecule has 3 rings (SSSR count). The van der Waals surface area contributed by atoms with Gasteiger partial charge in [0.1, 0.15) is 5.75 Å². The summed E-state index contributed by atoms with van der Waals surface area (Å²) in [5.41, 5.74) is 2.21. The van der Waals surface area contributed by atoms with Gasteiger partial charge in [0.25, 0.3) is 5.91 Å². The van der Waals surface area contributed by atoms with Crippen molar-refractivity contribution in [2.75, 3.05) is 18.2 Å². The van der Waals surface area contributed by atoms with Crippen molar-refractivity contribution in [2.24, 2.45) is 0 Å². The average molecular weight is 452 g/mol. The van der Waals surface area contributed by atoms with Crippen LogP contribution >= 0.6 is 11.8 Å². The second kappa shape index (κ2) is 11.1. The smallest absolute Gasteiger partial charge is 0.251 e. The van der Waals surface area contributed by atoms with E-state index in [9.17, 15) is 9.59 Å². The van der Waals surface area contributed by atoms with Crippen molar-refractivity contribution in [3.63, 3.8) is 0 Å². The number of benzene rings is 2. The molecule has 9 heteroatoms. The minimum Gasteiger partial charge on any atom is -0.495 e. The first kappa shape index (κ1) is 23.1. The molecule has 2 aromatic carbocycles. The number of nitrogens with zero attached hydrogens (tertiary/aromatic N) is 3. The molecule has 2 amide bonds. The summed E-state index contributed by atoms with van der Waals surface area (Å²) >= 11 is 1.26. The predicted molar refractivity (Wildman–Crippen MR) is 125 cm³/mol. The maximum atomic E-state index is 12.5. The van der Waals surface area contributed by atoms with Crippen LogP contribution < -0.4 is 15.4 Å². The van der Waals surface area contributed by atoms with Crippen LogP contribution in [0.4, 0.5) is 5.69 Å². The molecule has 0 saturated carbocycles. The van der Waals surface area contributed by atoms with Crippen LogP contribution in [0.15, 0.2) is 66.3 Å². The zero-order valence-electron chi connectivity index (χ0n) is 18.0. The van der Waals surface area contributed by atoms with E-state index in [2.05, 4.69) is 27.4 Å². The predicted octanol–water partition coefficient (Wildman–Crippen LogP) is 3.44. The third-order valence-corrected chi connectivity index (χ3v) is 5.48. The zero-order chi connectivity index (χ0) is 22.9. The Morgan fingerprint density at radius 1 is 1.19 bits per heavy atom. The highest BCUT2D eigenvalue weighted by molar-refractivity contribution is 7.99. The molecule has 0 bridgehead atoms. The molecule has 8 nitrogen and oxygen atoms in total. The van der Waals surface area contributed by atoms with Crippen LogP contribution in [0.25, 0.3) is 0 Å². The van der Waals surface area contributed by atoms with E-state index < -0.39 is 0 Å². The van der Waals surface area contributed by atoms with Gasteiger partial charge in [-0.15, -0.1) is 16.8 Å². The van der Waals surface area contributed by atoms with Crippen molar-refractivity contribution < 1.29 is 14.3 Å². The number of aryl methyl sites for hydroxylation is 1. The van der Waals surface area contributed by atoms with Gasteiger partial charge in [-0.05, 0) is 36.8 Å². The molecule has 1 heterocycles. The molecule has 0 aliphatic heterocycles. The third-order valence-electron chi connectivity index (χ3n) is 4.51. The number of ether oxygens (including phenoxy) is 1. The van der Waals surface area contributed by atoms with Gasteiger partial charge in [-0.3, -0.25) is 9.59 Å². The number of thioether (sulfide) groups is 1. The largest absolute Gasteiger partial charge is 0.495 e. The lowest BCUT2D eigenvalue weighted by Crippen LogP contribution is -2.24. The number of anilines is 1. The van der Waals surface area contributed by atoms with Crippen LogP contribution in [-0.2, 0) is 17.9 Å². The van der Waals surface area contributed by atoms with Gasteiger partial charge in [0, 0.05) is 12.1 Å². The monoisotopic (exact) mass is 451 g/mol. The molecule has 0 unspecified atom stereocenters. The maximum Gasteiger partial charge on any atom is 0.251 e. The van der Waals surface area contributed by atoms with E-state index in [0.29, 0.717) is 34.5 Å². The number of hydrogen-bond donors (Lipinski definition) is 2. The molecule has 0 saturated heterocycles. The van der Waals surface area contributed by atoms with Gasteiger partial charge in [0.05, 0.1) is 25.1 Å². The summed E-state index contributed by atoms with van der Waals surface area (Å²) in [6, 6.07) is 14.5. The van der Waals surface area contributed by atoms with Crippen molar-refractivity contribution in [1.82, 2.24) is 20.1 Å². The summed E-state index contributed by atoms with van der Waals surface area (Å²) in [4.78, 5) is 24.8. The molecule has 0 aliphatic carbocycles. The summed E-state index contributed by atoms with van der Waals surface area (Å²) in [6.45, 7) is 6.38. The number of carbonyl (C=O) groups is 2. The van der Waals surface area contributed by atoms with Crippen molar-refractivity contribution in [2.45, 2.75) is 25.2 Å². The van der Waals surface area contributed by atoms with Gasteiger partial charge in [-0.1, -0.05) is 42.1 Å². The fraction of sp³-hybridized carbons (Fsp3) is 0.217. The van der Waals surface area contributed by atoms with E-state index in [1.54, 1.807) is 37.5 Å². The van der Waals surface area contributed by atoms with E-state index in [1.807, 2.05) is 35.8 Å². The lowest BCUT2D eigenvalue weighted by atomic mass is 10.2. The van der Waals surface area contributed by atoms with Crippen LogP contribution in [-0.4, -0.2) is 39.4 Å². The molecule has 0 spiro atoms. The van der Waals surface area contributed by atoms with E-state index in [4.69, 9.17) is 4.74 Å². The highest BCUT2D eigenvalue weighted by Gasteiger charge is 2.15. The fourth-order valence-electron chi connectivity index (χ4n) is 2.96.